The Balaban J connectivity index is 1.73. The lowest BCUT2D eigenvalue weighted by Gasteiger charge is -2.34. The van der Waals surface area contributed by atoms with E-state index in [9.17, 15) is 21.6 Å². The third-order valence-electron chi connectivity index (χ3n) is 5.55. The normalized spacial score (nSPS) is 17.7. The molecule has 170 valence electrons. The molecule has 1 unspecified atom stereocenters. The second-order valence-electron chi connectivity index (χ2n) is 7.62. The zero-order chi connectivity index (χ0) is 22.8. The van der Waals surface area contributed by atoms with E-state index >= 15 is 0 Å². The first kappa shape index (κ1) is 22.3. The summed E-state index contributed by atoms with van der Waals surface area (Å²) in [6.45, 7) is -0.267. The predicted octanol–water partition coefficient (Wildman–Crippen LogP) is 3.48. The minimum absolute atomic E-state index is 0.282. The van der Waals surface area contributed by atoms with E-state index in [1.165, 1.54) is 6.33 Å². The highest BCUT2D eigenvalue weighted by molar-refractivity contribution is 7.89. The van der Waals surface area contributed by atoms with Crippen LogP contribution in [0.15, 0.2) is 61.3 Å². The average Bonchev–Trinajstić information content (AvgIpc) is 3.22. The molecule has 3 heterocycles. The van der Waals surface area contributed by atoms with Crippen molar-refractivity contribution in [3.8, 4) is 0 Å². The van der Waals surface area contributed by atoms with Gasteiger partial charge >= 0.3 is 15.5 Å². The number of nitrogens with one attached hydrogen (secondary N) is 1. The fraction of sp³-hybridized carbons (Fsp3) is 0.333. The average molecular weight is 466 g/mol. The van der Waals surface area contributed by atoms with E-state index in [2.05, 4.69) is 15.0 Å². The van der Waals surface area contributed by atoms with E-state index < -0.39 is 21.6 Å². The van der Waals surface area contributed by atoms with Crippen molar-refractivity contribution >= 4 is 15.7 Å². The van der Waals surface area contributed by atoms with Crippen molar-refractivity contribution in [1.82, 2.24) is 19.3 Å². The van der Waals surface area contributed by atoms with Gasteiger partial charge in [0.15, 0.2) is 0 Å². The summed E-state index contributed by atoms with van der Waals surface area (Å²) in [5.74, 6) is 0. The van der Waals surface area contributed by atoms with Crippen LogP contribution in [0.25, 0.3) is 0 Å². The Hall–Kier alpha value is -2.92. The second kappa shape index (κ2) is 8.91. The molecule has 1 aliphatic rings. The lowest BCUT2D eigenvalue weighted by atomic mass is 10.0. The van der Waals surface area contributed by atoms with Crippen molar-refractivity contribution in [2.75, 3.05) is 11.4 Å². The Morgan fingerprint density at radius 2 is 1.84 bits per heavy atom. The Morgan fingerprint density at radius 1 is 1.09 bits per heavy atom. The highest BCUT2D eigenvalue weighted by Crippen LogP contribution is 2.35. The number of hydrogen-bond donors (Lipinski definition) is 1. The Kier molecular flexibility index (Phi) is 6.20. The number of benzene rings is 1. The van der Waals surface area contributed by atoms with Gasteiger partial charge in [-0.05, 0) is 42.2 Å². The van der Waals surface area contributed by atoms with Crippen LogP contribution in [0.5, 0.6) is 0 Å². The van der Waals surface area contributed by atoms with Gasteiger partial charge in [-0.25, -0.2) is 13.4 Å². The van der Waals surface area contributed by atoms with Crippen molar-refractivity contribution in [1.29, 1.82) is 0 Å². The number of pyridine rings is 1. The smallest absolute Gasteiger partial charge is 0.361 e. The second-order valence-corrected chi connectivity index (χ2v) is 9.55. The standard InChI is InChI=1S/C21H22F3N5O2S/c22-21(23,24)32(30,31)28-12-17-3-1-2-4-20(17)29(13-18-11-26-15-27-18)19(14-28)6-5-16-7-9-25-10-8-16/h1-4,7-11,15,19H,5-6,12-14H2,(H,26,27). The van der Waals surface area contributed by atoms with Crippen molar-refractivity contribution in [2.24, 2.45) is 0 Å². The number of aromatic nitrogens is 3. The number of fused-ring (bicyclic) bond motifs is 1. The molecule has 0 saturated carbocycles. The van der Waals surface area contributed by atoms with Gasteiger partial charge in [0.05, 0.1) is 18.6 Å². The summed E-state index contributed by atoms with van der Waals surface area (Å²) in [5, 5.41) is 0. The molecule has 0 radical (unpaired) electrons. The highest BCUT2D eigenvalue weighted by atomic mass is 32.2. The first-order valence-electron chi connectivity index (χ1n) is 10.0. The van der Waals surface area contributed by atoms with Crippen LogP contribution in [-0.4, -0.2) is 45.8 Å². The van der Waals surface area contributed by atoms with Gasteiger partial charge in [-0.1, -0.05) is 18.2 Å². The number of nitrogens with zero attached hydrogens (tertiary/aromatic N) is 4. The SMILES string of the molecule is O=S(=O)(N1Cc2ccccc2N(Cc2cnc[nH]2)C(CCc2ccncc2)C1)C(F)(F)F. The molecule has 1 N–H and O–H groups in total. The highest BCUT2D eigenvalue weighted by Gasteiger charge is 2.51. The maximum Gasteiger partial charge on any atom is 0.511 e. The van der Waals surface area contributed by atoms with Crippen LogP contribution in [0.2, 0.25) is 0 Å². The van der Waals surface area contributed by atoms with Crippen LogP contribution in [0.1, 0.15) is 23.2 Å². The number of sulfonamides is 1. The molecule has 0 spiro atoms. The van der Waals surface area contributed by atoms with Crippen LogP contribution in [0, 0.1) is 0 Å². The van der Waals surface area contributed by atoms with Gasteiger partial charge in [0.25, 0.3) is 0 Å². The zero-order valence-electron chi connectivity index (χ0n) is 17.0. The number of anilines is 1. The van der Waals surface area contributed by atoms with Gasteiger partial charge in [0.2, 0.25) is 0 Å². The molecular weight excluding hydrogens is 443 g/mol. The van der Waals surface area contributed by atoms with Gasteiger partial charge < -0.3 is 9.88 Å². The number of hydrogen-bond acceptors (Lipinski definition) is 5. The predicted molar refractivity (Wildman–Crippen MR) is 113 cm³/mol. The van der Waals surface area contributed by atoms with E-state index in [-0.39, 0.29) is 13.1 Å². The number of halogens is 3. The van der Waals surface area contributed by atoms with E-state index in [0.717, 1.165) is 11.3 Å². The number of rotatable bonds is 6. The fourth-order valence-corrected chi connectivity index (χ4v) is 4.91. The number of alkyl halides is 3. The van der Waals surface area contributed by atoms with E-state index in [4.69, 9.17) is 0 Å². The summed E-state index contributed by atoms with van der Waals surface area (Å²) < 4.78 is 65.6. The van der Waals surface area contributed by atoms with Crippen LogP contribution in [-0.2, 0) is 29.5 Å². The number of aromatic amines is 1. The van der Waals surface area contributed by atoms with E-state index in [1.807, 2.05) is 23.1 Å². The fourth-order valence-electron chi connectivity index (χ4n) is 3.94. The van der Waals surface area contributed by atoms with E-state index in [0.29, 0.717) is 34.9 Å². The lowest BCUT2D eigenvalue weighted by Crippen LogP contribution is -2.47. The van der Waals surface area contributed by atoms with Gasteiger partial charge in [-0.2, -0.15) is 17.5 Å². The first-order valence-corrected chi connectivity index (χ1v) is 11.5. The van der Waals surface area contributed by atoms with Crippen LogP contribution >= 0.6 is 0 Å². The van der Waals surface area contributed by atoms with Crippen LogP contribution < -0.4 is 4.90 Å². The Morgan fingerprint density at radius 3 is 2.53 bits per heavy atom. The summed E-state index contributed by atoms with van der Waals surface area (Å²) in [6, 6.07) is 10.2. The van der Waals surface area contributed by atoms with Crippen LogP contribution in [0.4, 0.5) is 18.9 Å². The molecule has 3 aromatic rings. The molecule has 0 bridgehead atoms. The molecule has 11 heteroatoms. The van der Waals surface area contributed by atoms with Gasteiger partial charge in [-0.3, -0.25) is 4.98 Å². The molecule has 1 aromatic carbocycles. The minimum atomic E-state index is -5.49. The van der Waals surface area contributed by atoms with Gasteiger partial charge in [-0.15, -0.1) is 0 Å². The molecule has 4 rings (SSSR count). The minimum Gasteiger partial charge on any atom is -0.361 e. The Labute approximate surface area is 184 Å². The summed E-state index contributed by atoms with van der Waals surface area (Å²) in [7, 11) is -5.49. The summed E-state index contributed by atoms with van der Waals surface area (Å²) in [6.07, 6.45) is 7.51. The first-order chi connectivity index (χ1) is 15.3. The molecule has 0 saturated heterocycles. The summed E-state index contributed by atoms with van der Waals surface area (Å²) >= 11 is 0. The zero-order valence-corrected chi connectivity index (χ0v) is 17.9. The molecular formula is C21H22F3N5O2S. The monoisotopic (exact) mass is 465 g/mol. The molecule has 1 atom stereocenters. The van der Waals surface area contributed by atoms with Crippen LogP contribution in [0.3, 0.4) is 0 Å². The lowest BCUT2D eigenvalue weighted by molar-refractivity contribution is -0.0492. The maximum absolute atomic E-state index is 13.4. The molecule has 0 fully saturated rings. The molecule has 2 aromatic heterocycles. The summed E-state index contributed by atoms with van der Waals surface area (Å²) in [4.78, 5) is 13.0. The van der Waals surface area contributed by atoms with Crippen molar-refractivity contribution in [3.05, 3.63) is 78.1 Å². The van der Waals surface area contributed by atoms with E-state index in [1.54, 1.807) is 36.8 Å². The topological polar surface area (TPSA) is 82.2 Å². The molecule has 0 amide bonds. The third kappa shape index (κ3) is 4.63. The largest absolute Gasteiger partial charge is 0.511 e. The third-order valence-corrected chi connectivity index (χ3v) is 7.09. The Bertz CT molecular complexity index is 1140. The van der Waals surface area contributed by atoms with Gasteiger partial charge in [0, 0.05) is 43.4 Å². The van der Waals surface area contributed by atoms with Crippen molar-refractivity contribution in [2.45, 2.75) is 37.5 Å². The number of H-pyrrole nitrogens is 1. The molecule has 0 aliphatic carbocycles. The number of aryl methyl sites for hydroxylation is 1. The van der Waals surface area contributed by atoms with Crippen molar-refractivity contribution in [3.63, 3.8) is 0 Å². The molecule has 1 aliphatic heterocycles. The molecule has 32 heavy (non-hydrogen) atoms. The quantitative estimate of drug-likeness (QED) is 0.603. The number of para-hydroxylation sites is 1. The number of imidazole rings is 1. The van der Waals surface area contributed by atoms with Crippen molar-refractivity contribution < 1.29 is 21.6 Å². The molecule has 7 nitrogen and oxygen atoms in total. The summed E-state index contributed by atoms with van der Waals surface area (Å²) in [5.41, 5.74) is -2.38. The van der Waals surface area contributed by atoms with Gasteiger partial charge in [0.1, 0.15) is 0 Å². The maximum atomic E-state index is 13.4.